The third-order valence-electron chi connectivity index (χ3n) is 4.71. The van der Waals surface area contributed by atoms with Gasteiger partial charge in [0.15, 0.2) is 0 Å². The highest BCUT2D eigenvalue weighted by atomic mass is 32.1. The lowest BCUT2D eigenvalue weighted by molar-refractivity contribution is -0.142. The molecule has 3 amide bonds. The van der Waals surface area contributed by atoms with E-state index in [9.17, 15) is 19.2 Å². The molecule has 0 aliphatic carbocycles. The highest BCUT2D eigenvalue weighted by molar-refractivity contribution is 7.80. The summed E-state index contributed by atoms with van der Waals surface area (Å²) in [5, 5.41) is 19.7. The van der Waals surface area contributed by atoms with Gasteiger partial charge in [0.25, 0.3) is 0 Å². The highest BCUT2D eigenvalue weighted by Gasteiger charge is 2.32. The van der Waals surface area contributed by atoms with Crippen LogP contribution in [0.4, 0.5) is 0 Å². The number of hydrogen-bond acceptors (Lipinski definition) is 6. The Morgan fingerprint density at radius 2 is 1.81 bits per heavy atom. The number of thiol groups is 1. The van der Waals surface area contributed by atoms with Crippen LogP contribution in [-0.4, -0.2) is 65.3 Å². The predicted octanol–water partition coefficient (Wildman–Crippen LogP) is -0.727. The van der Waals surface area contributed by atoms with E-state index < -0.39 is 35.9 Å². The molecular weight excluding hydrogens is 372 g/mol. The fourth-order valence-corrected chi connectivity index (χ4v) is 2.95. The monoisotopic (exact) mass is 402 g/mol. The number of rotatable bonds is 10. The number of carboxylic acid groups (broad SMARTS) is 1. The number of hydrogen-bond donors (Lipinski definition) is 6. The van der Waals surface area contributed by atoms with Crippen molar-refractivity contribution in [2.45, 2.75) is 64.2 Å². The van der Waals surface area contributed by atoms with Crippen LogP contribution in [0.2, 0.25) is 0 Å². The molecule has 0 saturated carbocycles. The molecule has 10 heteroatoms. The molecule has 1 aliphatic heterocycles. The second-order valence-electron chi connectivity index (χ2n) is 6.83. The average Bonchev–Trinajstić information content (AvgIpc) is 3.17. The lowest BCUT2D eigenvalue weighted by Crippen LogP contribution is -2.58. The van der Waals surface area contributed by atoms with Crippen LogP contribution in [0.15, 0.2) is 0 Å². The summed E-state index contributed by atoms with van der Waals surface area (Å²) in [6, 6.07) is -3.20. The molecule has 1 saturated heterocycles. The maximum absolute atomic E-state index is 12.6. The molecule has 1 rings (SSSR count). The fourth-order valence-electron chi connectivity index (χ4n) is 2.70. The first-order chi connectivity index (χ1) is 12.7. The highest BCUT2D eigenvalue weighted by Crippen LogP contribution is 2.10. The molecular formula is C17H30N4O5S. The number of carboxylic acids is 1. The molecule has 0 bridgehead atoms. The summed E-state index contributed by atoms with van der Waals surface area (Å²) >= 11 is 4.13. The molecule has 0 aromatic rings. The van der Waals surface area contributed by atoms with E-state index in [0.29, 0.717) is 12.8 Å². The largest absolute Gasteiger partial charge is 0.480 e. The molecule has 5 N–H and O–H groups in total. The van der Waals surface area contributed by atoms with E-state index >= 15 is 0 Å². The van der Waals surface area contributed by atoms with Crippen molar-refractivity contribution < 1.29 is 24.3 Å². The third-order valence-corrected chi connectivity index (χ3v) is 5.08. The van der Waals surface area contributed by atoms with Gasteiger partial charge in [0.1, 0.15) is 18.1 Å². The van der Waals surface area contributed by atoms with E-state index in [2.05, 4.69) is 33.9 Å². The zero-order chi connectivity index (χ0) is 20.6. The number of aliphatic carboxylic acids is 1. The van der Waals surface area contributed by atoms with Gasteiger partial charge in [-0.15, -0.1) is 0 Å². The standard InChI is InChI=1S/C17H30N4O5S/c1-4-9(2)13(16(24)19-10(3)17(25)26)21-15(23)12(8-27)20-14(22)11-6-5-7-18-11/h9-13,18,27H,4-8H2,1-3H3,(H,19,24)(H,20,22)(H,21,23)(H,25,26). The van der Waals surface area contributed by atoms with Crippen molar-refractivity contribution >= 4 is 36.3 Å². The van der Waals surface area contributed by atoms with E-state index in [-0.39, 0.29) is 23.6 Å². The Kier molecular flexibility index (Phi) is 9.57. The first-order valence-corrected chi connectivity index (χ1v) is 9.82. The van der Waals surface area contributed by atoms with E-state index in [1.54, 1.807) is 6.92 Å². The van der Waals surface area contributed by atoms with Crippen LogP contribution in [0.3, 0.4) is 0 Å². The van der Waals surface area contributed by atoms with E-state index in [1.165, 1.54) is 6.92 Å². The number of nitrogens with one attached hydrogen (secondary N) is 4. The first-order valence-electron chi connectivity index (χ1n) is 9.19. The lowest BCUT2D eigenvalue weighted by atomic mass is 9.97. The molecule has 5 atom stereocenters. The van der Waals surface area contributed by atoms with Gasteiger partial charge in [-0.2, -0.15) is 12.6 Å². The van der Waals surface area contributed by atoms with Crippen molar-refractivity contribution in [3.05, 3.63) is 0 Å². The number of carbonyl (C=O) groups is 4. The maximum atomic E-state index is 12.6. The van der Waals surface area contributed by atoms with Gasteiger partial charge < -0.3 is 26.4 Å². The molecule has 0 radical (unpaired) electrons. The van der Waals surface area contributed by atoms with Crippen molar-refractivity contribution in [2.75, 3.05) is 12.3 Å². The van der Waals surface area contributed by atoms with Crippen molar-refractivity contribution in [2.24, 2.45) is 5.92 Å². The van der Waals surface area contributed by atoms with Gasteiger partial charge in [0, 0.05) is 5.75 Å². The summed E-state index contributed by atoms with van der Waals surface area (Å²) in [4.78, 5) is 48.2. The zero-order valence-corrected chi connectivity index (χ0v) is 16.8. The maximum Gasteiger partial charge on any atom is 0.325 e. The van der Waals surface area contributed by atoms with Gasteiger partial charge in [0.2, 0.25) is 17.7 Å². The molecule has 5 unspecified atom stereocenters. The molecule has 154 valence electrons. The molecule has 27 heavy (non-hydrogen) atoms. The van der Waals surface area contributed by atoms with Gasteiger partial charge in [0.05, 0.1) is 6.04 Å². The topological polar surface area (TPSA) is 137 Å². The molecule has 0 spiro atoms. The smallest absolute Gasteiger partial charge is 0.325 e. The Balaban J connectivity index is 2.75. The normalized spacial score (nSPS) is 20.8. The predicted molar refractivity (Wildman–Crippen MR) is 103 cm³/mol. The zero-order valence-electron chi connectivity index (χ0n) is 15.9. The van der Waals surface area contributed by atoms with E-state index in [1.807, 2.05) is 6.92 Å². The van der Waals surface area contributed by atoms with Crippen LogP contribution < -0.4 is 21.3 Å². The van der Waals surface area contributed by atoms with Crippen LogP contribution in [0.5, 0.6) is 0 Å². The average molecular weight is 403 g/mol. The minimum Gasteiger partial charge on any atom is -0.480 e. The third kappa shape index (κ3) is 7.02. The van der Waals surface area contributed by atoms with Crippen molar-refractivity contribution in [1.29, 1.82) is 0 Å². The van der Waals surface area contributed by atoms with E-state index in [0.717, 1.165) is 13.0 Å². The summed E-state index contributed by atoms with van der Waals surface area (Å²) in [6.07, 6.45) is 2.20. The van der Waals surface area contributed by atoms with Crippen LogP contribution >= 0.6 is 12.6 Å². The Morgan fingerprint density at radius 3 is 2.30 bits per heavy atom. The molecule has 0 aromatic carbocycles. The molecule has 0 aromatic heterocycles. The van der Waals surface area contributed by atoms with Gasteiger partial charge in [-0.25, -0.2) is 0 Å². The van der Waals surface area contributed by atoms with Crippen LogP contribution in [0, 0.1) is 5.92 Å². The quantitative estimate of drug-likeness (QED) is 0.267. The van der Waals surface area contributed by atoms with Gasteiger partial charge in [-0.1, -0.05) is 20.3 Å². The van der Waals surface area contributed by atoms with Crippen LogP contribution in [0.1, 0.15) is 40.0 Å². The van der Waals surface area contributed by atoms with Crippen molar-refractivity contribution in [3.8, 4) is 0 Å². The van der Waals surface area contributed by atoms with Crippen LogP contribution in [-0.2, 0) is 19.2 Å². The second-order valence-corrected chi connectivity index (χ2v) is 7.20. The second kappa shape index (κ2) is 11.1. The summed E-state index contributed by atoms with van der Waals surface area (Å²) in [7, 11) is 0. The summed E-state index contributed by atoms with van der Waals surface area (Å²) in [5.74, 6) is -2.69. The minimum absolute atomic E-state index is 0.0741. The molecule has 1 aliphatic rings. The summed E-state index contributed by atoms with van der Waals surface area (Å²) in [5.41, 5.74) is 0. The molecule has 9 nitrogen and oxygen atoms in total. The Hall–Kier alpha value is -1.81. The Labute approximate surface area is 164 Å². The van der Waals surface area contributed by atoms with Crippen LogP contribution in [0.25, 0.3) is 0 Å². The lowest BCUT2D eigenvalue weighted by Gasteiger charge is -2.27. The van der Waals surface area contributed by atoms with Gasteiger partial charge in [-0.3, -0.25) is 19.2 Å². The first kappa shape index (κ1) is 23.2. The summed E-state index contributed by atoms with van der Waals surface area (Å²) in [6.45, 7) is 5.75. The molecule has 1 fully saturated rings. The summed E-state index contributed by atoms with van der Waals surface area (Å²) < 4.78 is 0. The molecule has 1 heterocycles. The van der Waals surface area contributed by atoms with E-state index in [4.69, 9.17) is 5.11 Å². The van der Waals surface area contributed by atoms with Gasteiger partial charge in [-0.05, 0) is 32.2 Å². The van der Waals surface area contributed by atoms with Crippen molar-refractivity contribution in [1.82, 2.24) is 21.3 Å². The number of amides is 3. The Morgan fingerprint density at radius 1 is 1.15 bits per heavy atom. The SMILES string of the molecule is CCC(C)C(NC(=O)C(CS)NC(=O)C1CCCN1)C(=O)NC(C)C(=O)O. The van der Waals surface area contributed by atoms with Gasteiger partial charge >= 0.3 is 5.97 Å². The Bertz CT molecular complexity index is 553. The number of carbonyl (C=O) groups excluding carboxylic acids is 3. The minimum atomic E-state index is -1.16. The fraction of sp³-hybridized carbons (Fsp3) is 0.765. The van der Waals surface area contributed by atoms with Crippen molar-refractivity contribution in [3.63, 3.8) is 0 Å².